The lowest BCUT2D eigenvalue weighted by atomic mass is 9.98. The Balaban J connectivity index is 1.55. The minimum Gasteiger partial charge on any atom is -0.508 e. The molecule has 0 spiro atoms. The van der Waals surface area contributed by atoms with Crippen molar-refractivity contribution in [2.75, 3.05) is 29.9 Å². The van der Waals surface area contributed by atoms with Crippen LogP contribution in [0.5, 0.6) is 5.75 Å². The average Bonchev–Trinajstić information content (AvgIpc) is 2.61. The van der Waals surface area contributed by atoms with E-state index in [4.69, 9.17) is 0 Å². The number of pyridine rings is 1. The van der Waals surface area contributed by atoms with Gasteiger partial charge in [0.1, 0.15) is 11.6 Å². The van der Waals surface area contributed by atoms with Gasteiger partial charge in [0, 0.05) is 26.2 Å². The van der Waals surface area contributed by atoms with E-state index >= 15 is 0 Å². The number of phenolic OH excluding ortho intramolecular Hbond substituents is 1. The zero-order valence-electron chi connectivity index (χ0n) is 13.2. The summed E-state index contributed by atoms with van der Waals surface area (Å²) < 4.78 is 0. The molecule has 23 heavy (non-hydrogen) atoms. The summed E-state index contributed by atoms with van der Waals surface area (Å²) in [6, 6.07) is 11.3. The van der Waals surface area contributed by atoms with Gasteiger partial charge in [-0.05, 0) is 48.6 Å². The first-order valence-electron chi connectivity index (χ1n) is 8.08. The summed E-state index contributed by atoms with van der Waals surface area (Å²) in [6.07, 6.45) is 3.96. The number of piperidine rings is 1. The Labute approximate surface area is 136 Å². The number of nitrogens with zero attached hydrogens (tertiary/aromatic N) is 2. The maximum absolute atomic E-state index is 9.46. The van der Waals surface area contributed by atoms with E-state index < -0.39 is 0 Å². The van der Waals surface area contributed by atoms with Gasteiger partial charge in [-0.1, -0.05) is 12.1 Å². The monoisotopic (exact) mass is 313 g/mol. The highest BCUT2D eigenvalue weighted by atomic mass is 16.3. The quantitative estimate of drug-likeness (QED) is 0.791. The molecule has 0 amide bonds. The SMILES string of the molecule is OCC1CCN(c2ccc(NCc3cccc(O)c3)nc2)CC1. The van der Waals surface area contributed by atoms with Crippen molar-refractivity contribution in [1.29, 1.82) is 0 Å². The molecule has 5 heteroatoms. The van der Waals surface area contributed by atoms with Gasteiger partial charge in [-0.25, -0.2) is 4.98 Å². The third kappa shape index (κ3) is 4.13. The van der Waals surface area contributed by atoms with Gasteiger partial charge in [-0.2, -0.15) is 0 Å². The molecule has 0 aliphatic carbocycles. The van der Waals surface area contributed by atoms with Crippen LogP contribution in [-0.2, 0) is 6.54 Å². The van der Waals surface area contributed by atoms with Gasteiger partial charge in [0.25, 0.3) is 0 Å². The number of hydrogen-bond acceptors (Lipinski definition) is 5. The van der Waals surface area contributed by atoms with Gasteiger partial charge in [-0.15, -0.1) is 0 Å². The van der Waals surface area contributed by atoms with Crippen molar-refractivity contribution >= 4 is 11.5 Å². The molecular weight excluding hydrogens is 290 g/mol. The van der Waals surface area contributed by atoms with Crippen LogP contribution in [0, 0.1) is 5.92 Å². The summed E-state index contributed by atoms with van der Waals surface area (Å²) >= 11 is 0. The lowest BCUT2D eigenvalue weighted by Gasteiger charge is -2.32. The highest BCUT2D eigenvalue weighted by Gasteiger charge is 2.18. The van der Waals surface area contributed by atoms with Gasteiger partial charge in [0.2, 0.25) is 0 Å². The summed E-state index contributed by atoms with van der Waals surface area (Å²) in [7, 11) is 0. The lowest BCUT2D eigenvalue weighted by Crippen LogP contribution is -2.34. The van der Waals surface area contributed by atoms with Crippen LogP contribution in [0.3, 0.4) is 0 Å². The number of aromatic nitrogens is 1. The largest absolute Gasteiger partial charge is 0.508 e. The molecule has 0 saturated carbocycles. The van der Waals surface area contributed by atoms with E-state index in [1.807, 2.05) is 24.4 Å². The van der Waals surface area contributed by atoms with E-state index in [1.165, 1.54) is 0 Å². The third-order valence-corrected chi connectivity index (χ3v) is 4.37. The predicted octanol–water partition coefficient (Wildman–Crippen LogP) is 2.61. The van der Waals surface area contributed by atoms with E-state index in [9.17, 15) is 10.2 Å². The number of anilines is 2. The molecule has 122 valence electrons. The fourth-order valence-corrected chi connectivity index (χ4v) is 2.91. The number of benzene rings is 1. The van der Waals surface area contributed by atoms with Gasteiger partial charge in [0.15, 0.2) is 0 Å². The van der Waals surface area contributed by atoms with Gasteiger partial charge in [0.05, 0.1) is 11.9 Å². The van der Waals surface area contributed by atoms with E-state index in [2.05, 4.69) is 21.3 Å². The van der Waals surface area contributed by atoms with Crippen molar-refractivity contribution in [3.8, 4) is 5.75 Å². The molecule has 1 aromatic heterocycles. The molecule has 0 bridgehead atoms. The van der Waals surface area contributed by atoms with Crippen LogP contribution >= 0.6 is 0 Å². The van der Waals surface area contributed by atoms with Crippen molar-refractivity contribution in [2.24, 2.45) is 5.92 Å². The van der Waals surface area contributed by atoms with Crippen LogP contribution in [0.25, 0.3) is 0 Å². The van der Waals surface area contributed by atoms with Crippen molar-refractivity contribution < 1.29 is 10.2 Å². The normalized spacial score (nSPS) is 15.6. The topological polar surface area (TPSA) is 68.6 Å². The smallest absolute Gasteiger partial charge is 0.126 e. The van der Waals surface area contributed by atoms with Crippen LogP contribution < -0.4 is 10.2 Å². The molecule has 0 unspecified atom stereocenters. The third-order valence-electron chi connectivity index (χ3n) is 4.37. The number of aliphatic hydroxyl groups excluding tert-OH is 1. The van der Waals surface area contributed by atoms with Crippen LogP contribution in [-0.4, -0.2) is 34.9 Å². The second-order valence-electron chi connectivity index (χ2n) is 6.04. The molecular formula is C18H23N3O2. The van der Waals surface area contributed by atoms with Crippen LogP contribution in [0.1, 0.15) is 18.4 Å². The minimum atomic E-state index is 0.277. The predicted molar refractivity (Wildman–Crippen MR) is 91.7 cm³/mol. The van der Waals surface area contributed by atoms with Crippen molar-refractivity contribution in [1.82, 2.24) is 4.98 Å². The second-order valence-corrected chi connectivity index (χ2v) is 6.04. The molecule has 3 rings (SSSR count). The first-order chi connectivity index (χ1) is 11.2. The fourth-order valence-electron chi connectivity index (χ4n) is 2.91. The number of aromatic hydroxyl groups is 1. The Morgan fingerprint density at radius 1 is 1.17 bits per heavy atom. The van der Waals surface area contributed by atoms with Crippen LogP contribution in [0.15, 0.2) is 42.6 Å². The minimum absolute atomic E-state index is 0.277. The fraction of sp³-hybridized carbons (Fsp3) is 0.389. The van der Waals surface area contributed by atoms with Crippen molar-refractivity contribution in [3.05, 3.63) is 48.2 Å². The first kappa shape index (κ1) is 15.6. The van der Waals surface area contributed by atoms with Gasteiger partial charge < -0.3 is 20.4 Å². The molecule has 1 saturated heterocycles. The molecule has 1 aliphatic heterocycles. The Kier molecular flexibility index (Phi) is 4.98. The number of phenols is 1. The summed E-state index contributed by atoms with van der Waals surface area (Å²) in [5, 5.41) is 21.9. The summed E-state index contributed by atoms with van der Waals surface area (Å²) in [5.41, 5.74) is 2.14. The maximum Gasteiger partial charge on any atom is 0.126 e. The summed E-state index contributed by atoms with van der Waals surface area (Å²) in [6.45, 7) is 2.87. The Morgan fingerprint density at radius 3 is 2.65 bits per heavy atom. The Morgan fingerprint density at radius 2 is 2.00 bits per heavy atom. The Bertz CT molecular complexity index is 622. The molecule has 3 N–H and O–H groups in total. The van der Waals surface area contributed by atoms with E-state index in [0.29, 0.717) is 19.1 Å². The second kappa shape index (κ2) is 7.33. The standard InChI is InChI=1S/C18H23N3O2/c22-13-14-6-8-21(9-7-14)16-4-5-18(20-12-16)19-11-15-2-1-3-17(23)10-15/h1-5,10,12,14,22-23H,6-9,11,13H2,(H,19,20). The van der Waals surface area contributed by atoms with E-state index in [-0.39, 0.29) is 5.75 Å². The number of hydrogen-bond donors (Lipinski definition) is 3. The molecule has 1 aromatic carbocycles. The molecule has 5 nitrogen and oxygen atoms in total. The number of rotatable bonds is 5. The summed E-state index contributed by atoms with van der Waals surface area (Å²) in [4.78, 5) is 6.78. The highest BCUT2D eigenvalue weighted by molar-refractivity contribution is 5.50. The molecule has 2 aromatic rings. The molecule has 1 aliphatic rings. The average molecular weight is 313 g/mol. The molecule has 0 radical (unpaired) electrons. The molecule has 0 atom stereocenters. The number of aliphatic hydroxyl groups is 1. The zero-order chi connectivity index (χ0) is 16.1. The zero-order valence-corrected chi connectivity index (χ0v) is 13.2. The van der Waals surface area contributed by atoms with E-state index in [0.717, 1.165) is 43.0 Å². The summed E-state index contributed by atoms with van der Waals surface area (Å²) in [5.74, 6) is 1.55. The van der Waals surface area contributed by atoms with Gasteiger partial charge in [-0.3, -0.25) is 0 Å². The van der Waals surface area contributed by atoms with Crippen LogP contribution in [0.4, 0.5) is 11.5 Å². The first-order valence-corrected chi connectivity index (χ1v) is 8.08. The van der Waals surface area contributed by atoms with E-state index in [1.54, 1.807) is 12.1 Å². The van der Waals surface area contributed by atoms with Crippen molar-refractivity contribution in [3.63, 3.8) is 0 Å². The highest BCUT2D eigenvalue weighted by Crippen LogP contribution is 2.23. The van der Waals surface area contributed by atoms with Crippen LogP contribution in [0.2, 0.25) is 0 Å². The number of nitrogens with one attached hydrogen (secondary N) is 1. The van der Waals surface area contributed by atoms with Crippen molar-refractivity contribution in [2.45, 2.75) is 19.4 Å². The van der Waals surface area contributed by atoms with Gasteiger partial charge >= 0.3 is 0 Å². The Hall–Kier alpha value is -2.27. The maximum atomic E-state index is 9.46. The molecule has 1 fully saturated rings. The molecule has 2 heterocycles. The lowest BCUT2D eigenvalue weighted by molar-refractivity contribution is 0.203.